The third kappa shape index (κ3) is 7.37. The van der Waals surface area contributed by atoms with Crippen molar-refractivity contribution in [1.82, 2.24) is 5.16 Å². The predicted molar refractivity (Wildman–Crippen MR) is 123 cm³/mol. The second kappa shape index (κ2) is 11.1. The maximum Gasteiger partial charge on any atom is 0.324 e. The van der Waals surface area contributed by atoms with Gasteiger partial charge in [0.1, 0.15) is 23.9 Å². The first-order valence-electron chi connectivity index (χ1n) is 10.2. The van der Waals surface area contributed by atoms with Gasteiger partial charge in [-0.3, -0.25) is 5.32 Å². The summed E-state index contributed by atoms with van der Waals surface area (Å²) in [7, 11) is 1.63. The van der Waals surface area contributed by atoms with Crippen LogP contribution in [0, 0.1) is 0 Å². The van der Waals surface area contributed by atoms with Gasteiger partial charge >= 0.3 is 6.03 Å². The van der Waals surface area contributed by atoms with E-state index in [1.807, 2.05) is 58.9 Å². The number of carbonyl (C=O) groups is 1. The minimum atomic E-state index is -0.399. The first kappa shape index (κ1) is 23.8. The predicted octanol–water partition coefficient (Wildman–Crippen LogP) is 6.23. The molecular weight excluding hydrogens is 394 g/mol. The fourth-order valence-corrected chi connectivity index (χ4v) is 2.53. The maximum atomic E-state index is 12.1. The van der Waals surface area contributed by atoms with E-state index in [1.165, 1.54) is 0 Å². The van der Waals surface area contributed by atoms with Gasteiger partial charge in [0.05, 0.1) is 7.11 Å². The first-order chi connectivity index (χ1) is 14.8. The van der Waals surface area contributed by atoms with Crippen molar-refractivity contribution in [2.24, 2.45) is 0 Å². The van der Waals surface area contributed by atoms with Crippen LogP contribution in [-0.4, -0.2) is 18.3 Å². The van der Waals surface area contributed by atoms with E-state index >= 15 is 0 Å². The summed E-state index contributed by atoms with van der Waals surface area (Å²) in [6.45, 7) is 10.5. The van der Waals surface area contributed by atoms with Crippen molar-refractivity contribution in [3.8, 4) is 11.5 Å². The summed E-state index contributed by atoms with van der Waals surface area (Å²) in [6.07, 6.45) is 0. The number of benzene rings is 2. The van der Waals surface area contributed by atoms with Gasteiger partial charge in [-0.1, -0.05) is 51.9 Å². The number of nitrogens with one attached hydrogen (secondary N) is 2. The highest BCUT2D eigenvalue weighted by Gasteiger charge is 2.20. The Morgan fingerprint density at radius 3 is 2.32 bits per heavy atom. The summed E-state index contributed by atoms with van der Waals surface area (Å²) < 4.78 is 16.2. The SMILES string of the molecule is CC.COc1cccc(COc2ccc(NC(=O)Nc3cc(C(C)(C)C)on3)cc2)c1. The van der Waals surface area contributed by atoms with E-state index in [-0.39, 0.29) is 5.41 Å². The number of urea groups is 1. The Morgan fingerprint density at radius 2 is 1.71 bits per heavy atom. The van der Waals surface area contributed by atoms with Crippen molar-refractivity contribution in [3.05, 3.63) is 65.9 Å². The molecule has 7 heteroatoms. The van der Waals surface area contributed by atoms with Crippen LogP contribution in [0.15, 0.2) is 59.1 Å². The summed E-state index contributed by atoms with van der Waals surface area (Å²) >= 11 is 0. The molecule has 2 amide bonds. The number of methoxy groups -OCH3 is 1. The number of nitrogens with zero attached hydrogens (tertiary/aromatic N) is 1. The fourth-order valence-electron chi connectivity index (χ4n) is 2.53. The lowest BCUT2D eigenvalue weighted by Crippen LogP contribution is -2.19. The van der Waals surface area contributed by atoms with E-state index in [0.717, 1.165) is 11.3 Å². The van der Waals surface area contributed by atoms with Crippen molar-refractivity contribution >= 4 is 17.5 Å². The van der Waals surface area contributed by atoms with Crippen LogP contribution in [0.3, 0.4) is 0 Å². The number of hydrogen-bond donors (Lipinski definition) is 2. The molecule has 0 aliphatic carbocycles. The number of carbonyl (C=O) groups excluding carboxylic acids is 1. The molecule has 166 valence electrons. The average molecular weight is 426 g/mol. The van der Waals surface area contributed by atoms with Gasteiger partial charge in [-0.25, -0.2) is 4.79 Å². The molecule has 7 nitrogen and oxygen atoms in total. The Labute approximate surface area is 183 Å². The molecule has 1 aromatic heterocycles. The molecule has 3 rings (SSSR count). The van der Waals surface area contributed by atoms with Gasteiger partial charge in [0.25, 0.3) is 0 Å². The number of ether oxygens (including phenoxy) is 2. The minimum absolute atomic E-state index is 0.176. The van der Waals surface area contributed by atoms with E-state index < -0.39 is 6.03 Å². The van der Waals surface area contributed by atoms with Crippen molar-refractivity contribution in [1.29, 1.82) is 0 Å². The third-order valence-electron chi connectivity index (χ3n) is 4.14. The number of anilines is 2. The molecule has 0 spiro atoms. The lowest BCUT2D eigenvalue weighted by molar-refractivity contribution is 0.262. The van der Waals surface area contributed by atoms with E-state index in [1.54, 1.807) is 37.4 Å². The molecule has 0 saturated heterocycles. The standard InChI is InChI=1S/C22H25N3O4.C2H6/c1-22(2,3)19-13-20(25-29-19)24-21(26)23-16-8-10-17(11-9-16)28-14-15-6-5-7-18(12-15)27-4;1-2/h5-13H,14H2,1-4H3,(H2,23,24,25,26);1-2H3. The van der Waals surface area contributed by atoms with Crippen molar-refractivity contribution in [2.45, 2.75) is 46.6 Å². The smallest absolute Gasteiger partial charge is 0.324 e. The summed E-state index contributed by atoms with van der Waals surface area (Å²) in [5, 5.41) is 9.28. The highest BCUT2D eigenvalue weighted by molar-refractivity contribution is 5.99. The number of hydrogen-bond acceptors (Lipinski definition) is 5. The zero-order valence-electron chi connectivity index (χ0n) is 19.0. The highest BCUT2D eigenvalue weighted by atomic mass is 16.5. The lowest BCUT2D eigenvalue weighted by Gasteiger charge is -2.12. The molecular formula is C24H31N3O4. The van der Waals surface area contributed by atoms with Gasteiger partial charge in [0, 0.05) is 17.2 Å². The van der Waals surface area contributed by atoms with Crippen molar-refractivity contribution < 1.29 is 18.8 Å². The van der Waals surface area contributed by atoms with Crippen LogP contribution in [-0.2, 0) is 12.0 Å². The topological polar surface area (TPSA) is 85.6 Å². The summed E-state index contributed by atoms with van der Waals surface area (Å²) in [6, 6.07) is 16.1. The van der Waals surface area contributed by atoms with Crippen LogP contribution in [0.25, 0.3) is 0 Å². The van der Waals surface area contributed by atoms with Crippen LogP contribution >= 0.6 is 0 Å². The summed E-state index contributed by atoms with van der Waals surface area (Å²) in [5.41, 5.74) is 1.47. The Kier molecular flexibility index (Phi) is 8.49. The zero-order chi connectivity index (χ0) is 22.9. The Hall–Kier alpha value is -3.48. The second-order valence-corrected chi connectivity index (χ2v) is 7.57. The van der Waals surface area contributed by atoms with Gasteiger partial charge in [0.15, 0.2) is 5.82 Å². The van der Waals surface area contributed by atoms with Gasteiger partial charge in [-0.2, -0.15) is 0 Å². The number of amides is 2. The molecule has 0 atom stereocenters. The maximum absolute atomic E-state index is 12.1. The molecule has 0 aliphatic heterocycles. The molecule has 0 radical (unpaired) electrons. The van der Waals surface area contributed by atoms with Crippen LogP contribution in [0.4, 0.5) is 16.3 Å². The largest absolute Gasteiger partial charge is 0.497 e. The average Bonchev–Trinajstić information content (AvgIpc) is 3.24. The second-order valence-electron chi connectivity index (χ2n) is 7.57. The highest BCUT2D eigenvalue weighted by Crippen LogP contribution is 2.24. The molecule has 0 fully saturated rings. The van der Waals surface area contributed by atoms with E-state index in [0.29, 0.717) is 29.6 Å². The van der Waals surface area contributed by atoms with E-state index in [2.05, 4.69) is 15.8 Å². The molecule has 0 saturated carbocycles. The molecule has 1 heterocycles. The van der Waals surface area contributed by atoms with Crippen LogP contribution in [0.2, 0.25) is 0 Å². The Morgan fingerprint density at radius 1 is 1.00 bits per heavy atom. The fraction of sp³-hybridized carbons (Fsp3) is 0.333. The molecule has 2 N–H and O–H groups in total. The molecule has 0 aliphatic rings. The van der Waals surface area contributed by atoms with Crippen LogP contribution < -0.4 is 20.1 Å². The zero-order valence-corrected chi connectivity index (χ0v) is 19.0. The monoisotopic (exact) mass is 425 g/mol. The molecule has 3 aromatic rings. The van der Waals surface area contributed by atoms with Crippen LogP contribution in [0.1, 0.15) is 45.9 Å². The molecule has 2 aromatic carbocycles. The number of aromatic nitrogens is 1. The van der Waals surface area contributed by atoms with E-state index in [9.17, 15) is 4.79 Å². The van der Waals surface area contributed by atoms with Gasteiger partial charge in [-0.05, 0) is 42.0 Å². The van der Waals surface area contributed by atoms with Crippen molar-refractivity contribution in [2.75, 3.05) is 17.7 Å². The summed E-state index contributed by atoms with van der Waals surface area (Å²) in [4.78, 5) is 12.1. The normalized spacial score (nSPS) is 10.5. The molecule has 31 heavy (non-hydrogen) atoms. The quantitative estimate of drug-likeness (QED) is 0.489. The minimum Gasteiger partial charge on any atom is -0.497 e. The first-order valence-corrected chi connectivity index (χ1v) is 10.2. The molecule has 0 bridgehead atoms. The summed E-state index contributed by atoms with van der Waals surface area (Å²) in [5.74, 6) is 2.56. The Bertz CT molecular complexity index is 959. The third-order valence-corrected chi connectivity index (χ3v) is 4.14. The molecule has 0 unspecified atom stereocenters. The van der Waals surface area contributed by atoms with Gasteiger partial charge < -0.3 is 19.3 Å². The van der Waals surface area contributed by atoms with E-state index in [4.69, 9.17) is 14.0 Å². The van der Waals surface area contributed by atoms with Crippen molar-refractivity contribution in [3.63, 3.8) is 0 Å². The Balaban J connectivity index is 0.00000166. The van der Waals surface area contributed by atoms with Gasteiger partial charge in [0.2, 0.25) is 0 Å². The lowest BCUT2D eigenvalue weighted by atomic mass is 9.93. The number of rotatable bonds is 6. The van der Waals surface area contributed by atoms with Gasteiger partial charge in [-0.15, -0.1) is 0 Å². The van der Waals surface area contributed by atoms with Crippen LogP contribution in [0.5, 0.6) is 11.5 Å².